The molecular formula is C31H32Cl2N4O4. The van der Waals surface area contributed by atoms with E-state index in [2.05, 4.69) is 10.2 Å². The number of likely N-dealkylation sites (tertiary alicyclic amines) is 1. The molecule has 8 nitrogen and oxygen atoms in total. The second-order valence-corrected chi connectivity index (χ2v) is 11.1. The van der Waals surface area contributed by atoms with E-state index in [4.69, 9.17) is 27.9 Å². The Hall–Kier alpha value is -3.59. The molecule has 214 valence electrons. The Morgan fingerprint density at radius 1 is 1.00 bits per heavy atom. The lowest BCUT2D eigenvalue weighted by Gasteiger charge is -2.35. The van der Waals surface area contributed by atoms with Gasteiger partial charge in [0.05, 0.1) is 21.8 Å². The molecule has 0 saturated carbocycles. The summed E-state index contributed by atoms with van der Waals surface area (Å²) in [5, 5.41) is 3.26. The molecule has 0 radical (unpaired) electrons. The number of nitrogens with zero attached hydrogens (tertiary/aromatic N) is 3. The fourth-order valence-corrected chi connectivity index (χ4v) is 5.65. The number of nitrogens with one attached hydrogen (secondary N) is 1. The van der Waals surface area contributed by atoms with Crippen molar-refractivity contribution in [1.29, 1.82) is 0 Å². The summed E-state index contributed by atoms with van der Waals surface area (Å²) in [6.45, 7) is 2.32. The highest BCUT2D eigenvalue weighted by Gasteiger charge is 2.32. The van der Waals surface area contributed by atoms with Crippen LogP contribution >= 0.6 is 23.2 Å². The van der Waals surface area contributed by atoms with Crippen LogP contribution in [0.5, 0.6) is 5.75 Å². The molecule has 3 amide bonds. The zero-order chi connectivity index (χ0) is 29.1. The number of likely N-dealkylation sites (N-methyl/N-ethyl adjacent to an activating group) is 1. The maximum absolute atomic E-state index is 13.7. The normalized spacial score (nSPS) is 15.7. The van der Waals surface area contributed by atoms with Crippen LogP contribution in [0.2, 0.25) is 10.0 Å². The Kier molecular flexibility index (Phi) is 8.82. The van der Waals surface area contributed by atoms with Gasteiger partial charge in [0.25, 0.3) is 11.8 Å². The Bertz CT molecular complexity index is 1460. The molecule has 1 saturated heterocycles. The predicted octanol–water partition coefficient (Wildman–Crippen LogP) is 5.04. The average molecular weight is 596 g/mol. The van der Waals surface area contributed by atoms with E-state index >= 15 is 0 Å². The van der Waals surface area contributed by atoms with Gasteiger partial charge in [-0.1, -0.05) is 59.6 Å². The number of rotatable bonds is 8. The van der Waals surface area contributed by atoms with Crippen molar-refractivity contribution in [3.63, 3.8) is 0 Å². The molecule has 2 aliphatic rings. The summed E-state index contributed by atoms with van der Waals surface area (Å²) < 4.78 is 5.54. The second kappa shape index (κ2) is 12.5. The van der Waals surface area contributed by atoms with E-state index in [1.54, 1.807) is 37.2 Å². The SMILES string of the molecule is CNC(=O)c1cccc(-c2ccc(C(CN3CCCC3)N(C)C(=O)CN3C(=O)COc4cc(Cl)c(Cl)cc43)cc2)c1. The van der Waals surface area contributed by atoms with Crippen molar-refractivity contribution in [1.82, 2.24) is 15.1 Å². The smallest absolute Gasteiger partial charge is 0.265 e. The van der Waals surface area contributed by atoms with Gasteiger partial charge in [-0.3, -0.25) is 19.3 Å². The van der Waals surface area contributed by atoms with Crippen molar-refractivity contribution in [2.45, 2.75) is 18.9 Å². The highest BCUT2D eigenvalue weighted by Crippen LogP contribution is 2.39. The van der Waals surface area contributed by atoms with Gasteiger partial charge >= 0.3 is 0 Å². The highest BCUT2D eigenvalue weighted by molar-refractivity contribution is 6.42. The first kappa shape index (κ1) is 28.9. The largest absolute Gasteiger partial charge is 0.482 e. The Labute approximate surface area is 249 Å². The number of carbonyl (C=O) groups excluding carboxylic acids is 3. The predicted molar refractivity (Wildman–Crippen MR) is 161 cm³/mol. The van der Waals surface area contributed by atoms with Crippen LogP contribution in [0, 0.1) is 0 Å². The van der Waals surface area contributed by atoms with E-state index < -0.39 is 0 Å². The van der Waals surface area contributed by atoms with Crippen LogP contribution < -0.4 is 15.0 Å². The molecule has 5 rings (SSSR count). The number of carbonyl (C=O) groups is 3. The lowest BCUT2D eigenvalue weighted by atomic mass is 9.98. The van der Waals surface area contributed by atoms with E-state index in [-0.39, 0.29) is 41.9 Å². The third kappa shape index (κ3) is 6.35. The van der Waals surface area contributed by atoms with Crippen LogP contribution in [0.15, 0.2) is 60.7 Å². The van der Waals surface area contributed by atoms with E-state index in [0.29, 0.717) is 28.6 Å². The molecule has 3 aromatic rings. The molecule has 1 N–H and O–H groups in total. The van der Waals surface area contributed by atoms with E-state index in [1.165, 1.54) is 4.90 Å². The molecule has 10 heteroatoms. The molecule has 0 aromatic heterocycles. The number of anilines is 1. The van der Waals surface area contributed by atoms with Gasteiger partial charge in [0.2, 0.25) is 5.91 Å². The van der Waals surface area contributed by atoms with Crippen molar-refractivity contribution < 1.29 is 19.1 Å². The average Bonchev–Trinajstić information content (AvgIpc) is 3.51. The van der Waals surface area contributed by atoms with Gasteiger partial charge in [0.1, 0.15) is 12.3 Å². The van der Waals surface area contributed by atoms with Crippen molar-refractivity contribution >= 4 is 46.6 Å². The quantitative estimate of drug-likeness (QED) is 0.395. The molecule has 0 spiro atoms. The lowest BCUT2D eigenvalue weighted by Crippen LogP contribution is -2.47. The summed E-state index contributed by atoms with van der Waals surface area (Å²) in [6, 6.07) is 18.5. The fourth-order valence-electron chi connectivity index (χ4n) is 5.33. The number of ether oxygens (including phenoxy) is 1. The van der Waals surface area contributed by atoms with Gasteiger partial charge in [-0.25, -0.2) is 0 Å². The number of amides is 3. The van der Waals surface area contributed by atoms with Gasteiger partial charge in [-0.15, -0.1) is 0 Å². The van der Waals surface area contributed by atoms with Gasteiger partial charge in [-0.2, -0.15) is 0 Å². The van der Waals surface area contributed by atoms with Crippen LogP contribution in [0.25, 0.3) is 11.1 Å². The molecule has 2 heterocycles. The molecule has 0 aliphatic carbocycles. The molecule has 41 heavy (non-hydrogen) atoms. The Morgan fingerprint density at radius 3 is 2.41 bits per heavy atom. The van der Waals surface area contributed by atoms with Crippen LogP contribution in [0.3, 0.4) is 0 Å². The molecule has 0 bridgehead atoms. The first-order valence-corrected chi connectivity index (χ1v) is 14.3. The summed E-state index contributed by atoms with van der Waals surface area (Å²) in [6.07, 6.45) is 2.26. The number of hydrogen-bond donors (Lipinski definition) is 1. The standard InChI is InChI=1S/C31H32Cl2N4O4/c1-34-31(40)23-7-5-6-22(14-23)20-8-10-21(11-9-20)27(17-36-12-3-4-13-36)35(2)29(38)18-37-26-15-24(32)25(33)16-28(26)41-19-30(37)39/h5-11,14-16,27H,3-4,12-13,17-19H2,1-2H3,(H,34,40). The topological polar surface area (TPSA) is 82.2 Å². The minimum Gasteiger partial charge on any atom is -0.482 e. The van der Waals surface area contributed by atoms with Crippen LogP contribution in [-0.2, 0) is 9.59 Å². The first-order chi connectivity index (χ1) is 19.7. The van der Waals surface area contributed by atoms with E-state index in [0.717, 1.165) is 42.6 Å². The van der Waals surface area contributed by atoms with E-state index in [9.17, 15) is 14.4 Å². The third-order valence-electron chi connectivity index (χ3n) is 7.71. The summed E-state index contributed by atoms with van der Waals surface area (Å²) >= 11 is 12.4. The summed E-state index contributed by atoms with van der Waals surface area (Å²) in [7, 11) is 3.39. The van der Waals surface area contributed by atoms with Gasteiger partial charge in [0, 0.05) is 32.3 Å². The third-order valence-corrected chi connectivity index (χ3v) is 8.43. The molecular weight excluding hydrogens is 563 g/mol. The maximum atomic E-state index is 13.7. The second-order valence-electron chi connectivity index (χ2n) is 10.3. The maximum Gasteiger partial charge on any atom is 0.265 e. The minimum absolute atomic E-state index is 0.138. The molecule has 2 aliphatic heterocycles. The minimum atomic E-state index is -0.322. The monoisotopic (exact) mass is 594 g/mol. The zero-order valence-corrected chi connectivity index (χ0v) is 24.5. The van der Waals surface area contributed by atoms with Gasteiger partial charge in [0.15, 0.2) is 6.61 Å². The number of hydrogen-bond acceptors (Lipinski definition) is 5. The van der Waals surface area contributed by atoms with Crippen molar-refractivity contribution in [2.24, 2.45) is 0 Å². The fraction of sp³-hybridized carbons (Fsp3) is 0.323. The van der Waals surface area contributed by atoms with Crippen molar-refractivity contribution in [2.75, 3.05) is 51.8 Å². The molecule has 1 unspecified atom stereocenters. The van der Waals surface area contributed by atoms with Crippen molar-refractivity contribution in [3.8, 4) is 16.9 Å². The van der Waals surface area contributed by atoms with Crippen LogP contribution in [0.4, 0.5) is 5.69 Å². The van der Waals surface area contributed by atoms with Crippen molar-refractivity contribution in [3.05, 3.63) is 81.8 Å². The molecule has 1 fully saturated rings. The Morgan fingerprint density at radius 2 is 1.71 bits per heavy atom. The summed E-state index contributed by atoms with van der Waals surface area (Å²) in [5.74, 6) is -0.249. The molecule has 1 atom stereocenters. The van der Waals surface area contributed by atoms with Crippen LogP contribution in [-0.4, -0.2) is 74.4 Å². The summed E-state index contributed by atoms with van der Waals surface area (Å²) in [5.41, 5.74) is 3.91. The molecule has 3 aromatic carbocycles. The van der Waals surface area contributed by atoms with Gasteiger partial charge in [-0.05, 0) is 60.8 Å². The summed E-state index contributed by atoms with van der Waals surface area (Å²) in [4.78, 5) is 44.1. The highest BCUT2D eigenvalue weighted by atomic mass is 35.5. The number of benzene rings is 3. The zero-order valence-electron chi connectivity index (χ0n) is 23.0. The Balaban J connectivity index is 1.39. The first-order valence-electron chi connectivity index (χ1n) is 13.6. The number of halogens is 2. The number of fused-ring (bicyclic) bond motifs is 1. The van der Waals surface area contributed by atoms with Crippen LogP contribution in [0.1, 0.15) is 34.8 Å². The van der Waals surface area contributed by atoms with E-state index in [1.807, 2.05) is 42.5 Å². The van der Waals surface area contributed by atoms with Gasteiger partial charge < -0.3 is 19.9 Å². The lowest BCUT2D eigenvalue weighted by molar-refractivity contribution is -0.133.